The van der Waals surface area contributed by atoms with Gasteiger partial charge in [0.25, 0.3) is 6.43 Å². The van der Waals surface area contributed by atoms with Gasteiger partial charge in [0.2, 0.25) is 0 Å². The van der Waals surface area contributed by atoms with Crippen LogP contribution in [0.4, 0.5) is 22.0 Å². The van der Waals surface area contributed by atoms with E-state index < -0.39 is 24.1 Å². The van der Waals surface area contributed by atoms with Gasteiger partial charge in [0, 0.05) is 6.54 Å². The van der Waals surface area contributed by atoms with E-state index in [4.69, 9.17) is 5.73 Å². The van der Waals surface area contributed by atoms with Crippen molar-refractivity contribution in [1.29, 1.82) is 0 Å². The minimum Gasteiger partial charge on any atom is -0.403 e. The molecule has 0 radical (unpaired) electrons. The van der Waals surface area contributed by atoms with E-state index in [1.165, 1.54) is 22.6 Å². The second kappa shape index (κ2) is 5.29. The Labute approximate surface area is 106 Å². The van der Waals surface area contributed by atoms with Crippen molar-refractivity contribution in [3.8, 4) is 5.75 Å². The van der Waals surface area contributed by atoms with E-state index in [0.717, 1.165) is 6.20 Å². The van der Waals surface area contributed by atoms with E-state index >= 15 is 0 Å². The van der Waals surface area contributed by atoms with E-state index in [1.807, 2.05) is 0 Å². The zero-order chi connectivity index (χ0) is 13.2. The van der Waals surface area contributed by atoms with Crippen molar-refractivity contribution in [3.05, 3.63) is 21.0 Å². The molecule has 0 fully saturated rings. The van der Waals surface area contributed by atoms with Crippen molar-refractivity contribution in [3.63, 3.8) is 0 Å². The lowest BCUT2D eigenvalue weighted by Crippen LogP contribution is -2.19. The zero-order valence-electron chi connectivity index (χ0n) is 8.06. The van der Waals surface area contributed by atoms with Crippen LogP contribution in [0.5, 0.6) is 5.75 Å². The highest BCUT2D eigenvalue weighted by atomic mass is 127. The normalized spacial score (nSPS) is 12.0. The molecule has 3 nitrogen and oxygen atoms in total. The van der Waals surface area contributed by atoms with Crippen LogP contribution in [0.25, 0.3) is 0 Å². The summed E-state index contributed by atoms with van der Waals surface area (Å²) in [6.45, 7) is -0.290. The molecule has 1 aromatic rings. The van der Waals surface area contributed by atoms with E-state index in [0.29, 0.717) is 0 Å². The average molecular weight is 368 g/mol. The highest BCUT2D eigenvalue weighted by Gasteiger charge is 2.33. The Balaban J connectivity index is 3.23. The highest BCUT2D eigenvalue weighted by Crippen LogP contribution is 2.35. The van der Waals surface area contributed by atoms with E-state index in [2.05, 4.69) is 9.72 Å². The maximum Gasteiger partial charge on any atom is 0.573 e. The lowest BCUT2D eigenvalue weighted by atomic mass is 10.2. The molecule has 0 saturated heterocycles. The van der Waals surface area contributed by atoms with Gasteiger partial charge in [-0.15, -0.1) is 13.2 Å². The molecule has 0 aromatic carbocycles. The molecular formula is C8H6F5IN2O. The van der Waals surface area contributed by atoms with Crippen LogP contribution >= 0.6 is 22.6 Å². The second-order valence-corrected chi connectivity index (χ2v) is 3.93. The molecule has 1 rings (SSSR count). The predicted octanol–water partition coefficient (Wildman–Crippen LogP) is 2.98. The van der Waals surface area contributed by atoms with Crippen LogP contribution in [0.1, 0.15) is 17.7 Å². The molecule has 0 aliphatic carbocycles. The van der Waals surface area contributed by atoms with Crippen molar-refractivity contribution >= 4 is 22.6 Å². The van der Waals surface area contributed by atoms with Gasteiger partial charge in [-0.1, -0.05) is 0 Å². The van der Waals surface area contributed by atoms with Crippen LogP contribution in [0.3, 0.4) is 0 Å². The number of rotatable bonds is 3. The first-order valence-corrected chi connectivity index (χ1v) is 5.25. The van der Waals surface area contributed by atoms with Crippen LogP contribution in [-0.4, -0.2) is 11.3 Å². The molecule has 0 amide bonds. The summed E-state index contributed by atoms with van der Waals surface area (Å²) in [4.78, 5) is 3.43. The van der Waals surface area contributed by atoms with Gasteiger partial charge in [-0.05, 0) is 22.6 Å². The summed E-state index contributed by atoms with van der Waals surface area (Å²) in [7, 11) is 0. The SMILES string of the molecule is NCc1ncc(OC(F)(F)F)c(I)c1C(F)F. The Kier molecular flexibility index (Phi) is 4.47. The quantitative estimate of drug-likeness (QED) is 0.659. The fourth-order valence-electron chi connectivity index (χ4n) is 1.10. The van der Waals surface area contributed by atoms with E-state index in [1.54, 1.807) is 0 Å². The van der Waals surface area contributed by atoms with Crippen LogP contribution in [0.2, 0.25) is 0 Å². The van der Waals surface area contributed by atoms with Crippen LogP contribution in [0.15, 0.2) is 6.20 Å². The summed E-state index contributed by atoms with van der Waals surface area (Å²) in [5, 5.41) is 0. The molecule has 0 bridgehead atoms. The first-order chi connectivity index (χ1) is 7.76. The molecule has 17 heavy (non-hydrogen) atoms. The third kappa shape index (κ3) is 3.63. The number of halogens is 6. The number of ether oxygens (including phenoxy) is 1. The number of nitrogens with zero attached hydrogens (tertiary/aromatic N) is 1. The van der Waals surface area contributed by atoms with Gasteiger partial charge in [0.15, 0.2) is 5.75 Å². The largest absolute Gasteiger partial charge is 0.573 e. The molecule has 0 unspecified atom stereocenters. The number of hydrogen-bond donors (Lipinski definition) is 1. The number of aromatic nitrogens is 1. The summed E-state index contributed by atoms with van der Waals surface area (Å²) in [6.07, 6.45) is -7.20. The number of hydrogen-bond acceptors (Lipinski definition) is 3. The molecular weight excluding hydrogens is 362 g/mol. The zero-order valence-corrected chi connectivity index (χ0v) is 10.2. The van der Waals surface area contributed by atoms with Gasteiger partial charge in [-0.25, -0.2) is 8.78 Å². The van der Waals surface area contributed by atoms with Gasteiger partial charge < -0.3 is 10.5 Å². The maximum absolute atomic E-state index is 12.7. The highest BCUT2D eigenvalue weighted by molar-refractivity contribution is 14.1. The summed E-state index contributed by atoms with van der Waals surface area (Å²) in [6, 6.07) is 0. The van der Waals surface area contributed by atoms with Gasteiger partial charge in [-0.2, -0.15) is 0 Å². The number of nitrogens with two attached hydrogens (primary N) is 1. The molecule has 0 saturated carbocycles. The van der Waals surface area contributed by atoms with Crippen molar-refractivity contribution < 1.29 is 26.7 Å². The Morgan fingerprint density at radius 3 is 2.41 bits per heavy atom. The van der Waals surface area contributed by atoms with Gasteiger partial charge in [-0.3, -0.25) is 4.98 Å². The maximum atomic E-state index is 12.7. The molecule has 1 aromatic heterocycles. The molecule has 96 valence electrons. The molecule has 2 N–H and O–H groups in total. The fourth-order valence-corrected chi connectivity index (χ4v) is 1.90. The third-order valence-electron chi connectivity index (χ3n) is 1.74. The Bertz CT molecular complexity index is 410. The smallest absolute Gasteiger partial charge is 0.403 e. The summed E-state index contributed by atoms with van der Waals surface area (Å²) < 4.78 is 64.5. The molecule has 9 heteroatoms. The van der Waals surface area contributed by atoms with Crippen molar-refractivity contribution in [1.82, 2.24) is 4.98 Å². The lowest BCUT2D eigenvalue weighted by Gasteiger charge is -2.14. The standard InChI is InChI=1S/C8H6F5IN2O/c9-7(10)5-3(1-15)16-2-4(6(5)14)17-8(11,12)13/h2,7H,1,15H2. The topological polar surface area (TPSA) is 48.1 Å². The Hall–Kier alpha value is -0.710. The third-order valence-corrected chi connectivity index (χ3v) is 2.85. The molecule has 0 aliphatic heterocycles. The van der Waals surface area contributed by atoms with Crippen molar-refractivity contribution in [2.75, 3.05) is 0 Å². The van der Waals surface area contributed by atoms with Crippen LogP contribution in [-0.2, 0) is 6.54 Å². The van der Waals surface area contributed by atoms with Gasteiger partial charge in [0.1, 0.15) is 0 Å². The van der Waals surface area contributed by atoms with E-state index in [9.17, 15) is 22.0 Å². The average Bonchev–Trinajstić information content (AvgIpc) is 2.18. The lowest BCUT2D eigenvalue weighted by molar-refractivity contribution is -0.275. The summed E-state index contributed by atoms with van der Waals surface area (Å²) >= 11 is 1.34. The fraction of sp³-hybridized carbons (Fsp3) is 0.375. The van der Waals surface area contributed by atoms with Crippen molar-refractivity contribution in [2.45, 2.75) is 19.3 Å². The molecule has 0 atom stereocenters. The van der Waals surface area contributed by atoms with Gasteiger partial charge in [0.05, 0.1) is 21.0 Å². The first-order valence-electron chi connectivity index (χ1n) is 4.17. The van der Waals surface area contributed by atoms with Crippen molar-refractivity contribution in [2.24, 2.45) is 5.73 Å². The first kappa shape index (κ1) is 14.4. The summed E-state index contributed by atoms with van der Waals surface area (Å²) in [5.74, 6) is -0.759. The molecule has 0 aliphatic rings. The monoisotopic (exact) mass is 368 g/mol. The minimum absolute atomic E-state index is 0.154. The number of pyridine rings is 1. The Morgan fingerprint density at radius 1 is 1.41 bits per heavy atom. The predicted molar refractivity (Wildman–Crippen MR) is 56.5 cm³/mol. The van der Waals surface area contributed by atoms with E-state index in [-0.39, 0.29) is 15.8 Å². The van der Waals surface area contributed by atoms with Crippen LogP contribution in [0, 0.1) is 3.57 Å². The van der Waals surface area contributed by atoms with Gasteiger partial charge >= 0.3 is 6.36 Å². The Morgan fingerprint density at radius 2 is 2.00 bits per heavy atom. The van der Waals surface area contributed by atoms with Crippen LogP contribution < -0.4 is 10.5 Å². The summed E-state index contributed by atoms with van der Waals surface area (Å²) in [5.41, 5.74) is 4.39. The minimum atomic E-state index is -4.95. The second-order valence-electron chi connectivity index (χ2n) is 2.85. The molecule has 1 heterocycles. The number of alkyl halides is 5. The molecule has 0 spiro atoms.